The zero-order chi connectivity index (χ0) is 19.8. The van der Waals surface area contributed by atoms with E-state index in [9.17, 15) is 18.0 Å². The maximum atomic E-state index is 13.6. The van der Waals surface area contributed by atoms with Gasteiger partial charge < -0.3 is 16.0 Å². The second kappa shape index (κ2) is 9.96. The van der Waals surface area contributed by atoms with Crippen molar-refractivity contribution >= 4 is 28.9 Å². The number of amides is 1. The molecule has 0 aliphatic heterocycles. The van der Waals surface area contributed by atoms with E-state index in [0.29, 0.717) is 19.0 Å². The zero-order valence-electron chi connectivity index (χ0n) is 15.0. The van der Waals surface area contributed by atoms with Crippen LogP contribution in [0.2, 0.25) is 0 Å². The molecule has 0 unspecified atom stereocenters. The van der Waals surface area contributed by atoms with Crippen LogP contribution in [0.15, 0.2) is 29.3 Å². The van der Waals surface area contributed by atoms with Crippen molar-refractivity contribution < 1.29 is 18.0 Å². The number of carbonyl (C=O) groups excluding carboxylic acids is 1. The van der Waals surface area contributed by atoms with E-state index >= 15 is 0 Å². The smallest absolute Gasteiger partial charge is 0.246 e. The standard InChI is InChI=1S/C18H21F3N4OS/c1-3-11-5-6-12(27-11)9-23-18(22-4-2)24-10-15(26)25-14-8-7-13(19)16(20)17(14)21/h5-8H,3-4,9-10H2,1-2H3,(H,25,26)(H2,22,23,24). The molecule has 0 aliphatic rings. The fraction of sp³-hybridized carbons (Fsp3) is 0.333. The van der Waals surface area contributed by atoms with Gasteiger partial charge in [0.15, 0.2) is 23.4 Å². The Kier molecular flexibility index (Phi) is 7.66. The normalized spacial score (nSPS) is 11.4. The average molecular weight is 398 g/mol. The van der Waals surface area contributed by atoms with Gasteiger partial charge in [0.1, 0.15) is 6.54 Å². The fourth-order valence-electron chi connectivity index (χ4n) is 2.18. The van der Waals surface area contributed by atoms with Crippen molar-refractivity contribution in [3.63, 3.8) is 0 Å². The highest BCUT2D eigenvalue weighted by molar-refractivity contribution is 7.11. The highest BCUT2D eigenvalue weighted by atomic mass is 32.1. The summed E-state index contributed by atoms with van der Waals surface area (Å²) in [7, 11) is 0. The van der Waals surface area contributed by atoms with E-state index in [4.69, 9.17) is 0 Å². The molecule has 27 heavy (non-hydrogen) atoms. The lowest BCUT2D eigenvalue weighted by Crippen LogP contribution is -2.37. The summed E-state index contributed by atoms with van der Waals surface area (Å²) in [6.07, 6.45) is 0.972. The number of rotatable bonds is 7. The molecule has 0 radical (unpaired) electrons. The lowest BCUT2D eigenvalue weighted by atomic mass is 10.3. The molecule has 1 amide bonds. The summed E-state index contributed by atoms with van der Waals surface area (Å²) in [5.74, 6) is -4.62. The number of halogens is 3. The molecule has 2 aromatic rings. The molecule has 2 rings (SSSR count). The van der Waals surface area contributed by atoms with E-state index in [1.165, 1.54) is 4.88 Å². The molecule has 1 aromatic carbocycles. The molecule has 146 valence electrons. The average Bonchev–Trinajstić information content (AvgIpc) is 3.12. The number of aliphatic imine (C=N–C) groups is 1. The highest BCUT2D eigenvalue weighted by Gasteiger charge is 2.15. The van der Waals surface area contributed by atoms with Crippen LogP contribution in [-0.2, 0) is 17.8 Å². The maximum absolute atomic E-state index is 13.6. The Morgan fingerprint density at radius 2 is 1.78 bits per heavy atom. The summed E-state index contributed by atoms with van der Waals surface area (Å²) in [6.45, 7) is 4.81. The highest BCUT2D eigenvalue weighted by Crippen LogP contribution is 2.19. The molecule has 0 saturated carbocycles. The van der Waals surface area contributed by atoms with E-state index < -0.39 is 29.0 Å². The van der Waals surface area contributed by atoms with Crippen LogP contribution in [0.25, 0.3) is 0 Å². The monoisotopic (exact) mass is 398 g/mol. The number of aryl methyl sites for hydroxylation is 1. The third-order valence-electron chi connectivity index (χ3n) is 3.53. The number of hydrogen-bond donors (Lipinski definition) is 3. The molecular formula is C18H21F3N4OS. The SMILES string of the molecule is CCNC(=NCC(=O)Nc1ccc(F)c(F)c1F)NCc1ccc(CC)s1. The van der Waals surface area contributed by atoms with Crippen molar-refractivity contribution in [2.45, 2.75) is 26.8 Å². The molecule has 5 nitrogen and oxygen atoms in total. The second-order valence-corrected chi connectivity index (χ2v) is 6.79. The first-order chi connectivity index (χ1) is 12.9. The van der Waals surface area contributed by atoms with Gasteiger partial charge in [0.25, 0.3) is 0 Å². The Labute approximate surface area is 159 Å². The minimum absolute atomic E-state index is 0.307. The zero-order valence-corrected chi connectivity index (χ0v) is 15.9. The summed E-state index contributed by atoms with van der Waals surface area (Å²) in [6, 6.07) is 5.80. The first-order valence-corrected chi connectivity index (χ1v) is 9.29. The van der Waals surface area contributed by atoms with Crippen molar-refractivity contribution in [3.8, 4) is 0 Å². The first-order valence-electron chi connectivity index (χ1n) is 8.47. The molecule has 3 N–H and O–H groups in total. The number of thiophene rings is 1. The van der Waals surface area contributed by atoms with Gasteiger partial charge in [0.2, 0.25) is 5.91 Å². The molecule has 9 heteroatoms. The second-order valence-electron chi connectivity index (χ2n) is 5.54. The van der Waals surface area contributed by atoms with Gasteiger partial charge in [-0.3, -0.25) is 4.79 Å². The summed E-state index contributed by atoms with van der Waals surface area (Å²) in [4.78, 5) is 18.5. The van der Waals surface area contributed by atoms with Gasteiger partial charge in [-0.15, -0.1) is 11.3 Å². The Morgan fingerprint density at radius 3 is 2.44 bits per heavy atom. The van der Waals surface area contributed by atoms with Gasteiger partial charge in [0.05, 0.1) is 12.2 Å². The maximum Gasteiger partial charge on any atom is 0.246 e. The van der Waals surface area contributed by atoms with Crippen LogP contribution in [0, 0.1) is 17.5 Å². The molecule has 0 aliphatic carbocycles. The van der Waals surface area contributed by atoms with Crippen LogP contribution in [0.3, 0.4) is 0 Å². The number of nitrogens with one attached hydrogen (secondary N) is 3. The van der Waals surface area contributed by atoms with Gasteiger partial charge >= 0.3 is 0 Å². The van der Waals surface area contributed by atoms with Crippen LogP contribution in [0.5, 0.6) is 0 Å². The van der Waals surface area contributed by atoms with Gasteiger partial charge in [-0.05, 0) is 37.6 Å². The minimum atomic E-state index is -1.63. The Balaban J connectivity index is 1.94. The fourth-order valence-corrected chi connectivity index (χ4v) is 3.08. The van der Waals surface area contributed by atoms with Crippen LogP contribution < -0.4 is 16.0 Å². The summed E-state index contributed by atoms with van der Waals surface area (Å²) in [5.41, 5.74) is -0.433. The summed E-state index contributed by atoms with van der Waals surface area (Å²) in [5, 5.41) is 8.29. The van der Waals surface area contributed by atoms with Gasteiger partial charge in [0, 0.05) is 16.3 Å². The number of hydrogen-bond acceptors (Lipinski definition) is 3. The quantitative estimate of drug-likeness (QED) is 0.380. The van der Waals surface area contributed by atoms with Gasteiger partial charge in [-0.1, -0.05) is 6.92 Å². The summed E-state index contributed by atoms with van der Waals surface area (Å²) >= 11 is 1.69. The topological polar surface area (TPSA) is 65.5 Å². The molecule has 0 fully saturated rings. The Morgan fingerprint density at radius 1 is 1.04 bits per heavy atom. The third-order valence-corrected chi connectivity index (χ3v) is 4.76. The lowest BCUT2D eigenvalue weighted by Gasteiger charge is -2.11. The van der Waals surface area contributed by atoms with Crippen LogP contribution in [-0.4, -0.2) is 25.0 Å². The Bertz CT molecular complexity index is 823. The van der Waals surface area contributed by atoms with E-state index in [1.54, 1.807) is 11.3 Å². The van der Waals surface area contributed by atoms with Crippen molar-refractivity contribution in [1.29, 1.82) is 0 Å². The van der Waals surface area contributed by atoms with Crippen LogP contribution in [0.1, 0.15) is 23.6 Å². The van der Waals surface area contributed by atoms with Gasteiger partial charge in [-0.25, -0.2) is 18.2 Å². The predicted octanol–water partition coefficient (Wildman–Crippen LogP) is 3.42. The number of carbonyl (C=O) groups is 1. The molecule has 1 aromatic heterocycles. The number of anilines is 1. The molecular weight excluding hydrogens is 377 g/mol. The largest absolute Gasteiger partial charge is 0.357 e. The van der Waals surface area contributed by atoms with Crippen molar-refractivity contribution in [1.82, 2.24) is 10.6 Å². The van der Waals surface area contributed by atoms with Crippen LogP contribution in [0.4, 0.5) is 18.9 Å². The van der Waals surface area contributed by atoms with E-state index in [0.717, 1.165) is 23.4 Å². The van der Waals surface area contributed by atoms with Crippen molar-refractivity contribution in [3.05, 3.63) is 51.5 Å². The van der Waals surface area contributed by atoms with Crippen molar-refractivity contribution in [2.75, 3.05) is 18.4 Å². The summed E-state index contributed by atoms with van der Waals surface area (Å²) < 4.78 is 39.7. The molecule has 0 atom stereocenters. The molecule has 0 spiro atoms. The lowest BCUT2D eigenvalue weighted by molar-refractivity contribution is -0.114. The van der Waals surface area contributed by atoms with Crippen LogP contribution >= 0.6 is 11.3 Å². The molecule has 1 heterocycles. The molecule has 0 bridgehead atoms. The predicted molar refractivity (Wildman–Crippen MR) is 101 cm³/mol. The number of nitrogens with zero attached hydrogens (tertiary/aromatic N) is 1. The Hall–Kier alpha value is -2.55. The first kappa shape index (κ1) is 20.8. The van der Waals surface area contributed by atoms with E-state index in [-0.39, 0.29) is 6.54 Å². The minimum Gasteiger partial charge on any atom is -0.357 e. The third kappa shape index (κ3) is 5.99. The number of guanidine groups is 1. The molecule has 0 saturated heterocycles. The number of benzene rings is 1. The van der Waals surface area contributed by atoms with E-state index in [1.807, 2.05) is 13.0 Å². The van der Waals surface area contributed by atoms with E-state index in [2.05, 4.69) is 33.9 Å². The van der Waals surface area contributed by atoms with Crippen molar-refractivity contribution in [2.24, 2.45) is 4.99 Å². The van der Waals surface area contributed by atoms with Gasteiger partial charge in [-0.2, -0.15) is 0 Å².